The number of rotatable bonds is 3. The van der Waals surface area contributed by atoms with Gasteiger partial charge in [-0.2, -0.15) is 0 Å². The summed E-state index contributed by atoms with van der Waals surface area (Å²) in [5.41, 5.74) is 6.38. The molecule has 4 nitrogen and oxygen atoms in total. The summed E-state index contributed by atoms with van der Waals surface area (Å²) in [5.74, 6) is -0.458. The number of nitrogens with one attached hydrogen (secondary N) is 1. The van der Waals surface area contributed by atoms with Gasteiger partial charge >= 0.3 is 0 Å². The van der Waals surface area contributed by atoms with E-state index in [1.165, 1.54) is 31.4 Å². The molecule has 0 heterocycles. The molecule has 104 valence electrons. The molecule has 0 unspecified atom stereocenters. The van der Waals surface area contributed by atoms with Gasteiger partial charge < -0.3 is 15.8 Å². The fraction of sp³-hybridized carbons (Fsp3) is 0.0714. The molecule has 0 atom stereocenters. The van der Waals surface area contributed by atoms with E-state index in [0.717, 1.165) is 0 Å². The molecule has 1 amide bonds. The Morgan fingerprint density at radius 3 is 2.65 bits per heavy atom. The van der Waals surface area contributed by atoms with Crippen LogP contribution in [0.3, 0.4) is 0 Å². The van der Waals surface area contributed by atoms with Gasteiger partial charge in [0.1, 0.15) is 11.6 Å². The maximum absolute atomic E-state index is 13.6. The van der Waals surface area contributed by atoms with Crippen molar-refractivity contribution in [3.63, 3.8) is 0 Å². The van der Waals surface area contributed by atoms with Gasteiger partial charge in [-0.25, -0.2) is 4.39 Å². The molecule has 0 aromatic heterocycles. The maximum Gasteiger partial charge on any atom is 0.257 e. The van der Waals surface area contributed by atoms with E-state index in [1.807, 2.05) is 0 Å². The average molecular weight is 339 g/mol. The van der Waals surface area contributed by atoms with Crippen LogP contribution in [0.1, 0.15) is 10.4 Å². The van der Waals surface area contributed by atoms with Crippen molar-refractivity contribution in [3.05, 3.63) is 52.3 Å². The summed E-state index contributed by atoms with van der Waals surface area (Å²) in [7, 11) is 1.51. The van der Waals surface area contributed by atoms with Gasteiger partial charge in [0, 0.05) is 16.2 Å². The van der Waals surface area contributed by atoms with Crippen LogP contribution in [0.2, 0.25) is 0 Å². The van der Waals surface area contributed by atoms with Crippen LogP contribution in [0.4, 0.5) is 15.8 Å². The van der Waals surface area contributed by atoms with E-state index >= 15 is 0 Å². The van der Waals surface area contributed by atoms with E-state index in [1.54, 1.807) is 12.1 Å². The Labute approximate surface area is 123 Å². The minimum atomic E-state index is -0.528. The van der Waals surface area contributed by atoms with Crippen molar-refractivity contribution < 1.29 is 13.9 Å². The van der Waals surface area contributed by atoms with Crippen LogP contribution < -0.4 is 15.8 Å². The third-order valence-electron chi connectivity index (χ3n) is 2.68. The number of benzene rings is 2. The molecule has 3 N–H and O–H groups in total. The molecular weight excluding hydrogens is 327 g/mol. The lowest BCUT2D eigenvalue weighted by molar-refractivity contribution is 0.102. The number of hydrogen-bond donors (Lipinski definition) is 2. The highest BCUT2D eigenvalue weighted by atomic mass is 79.9. The standard InChI is InChI=1S/C14H12BrFN2O2/c1-20-9-3-4-10(12(17)7-9)14(19)18-13-5-2-8(15)6-11(13)16/h2-7H,17H2,1H3,(H,18,19). The Hall–Kier alpha value is -2.08. The van der Waals surface area contributed by atoms with Crippen LogP contribution in [0.5, 0.6) is 5.75 Å². The van der Waals surface area contributed by atoms with Crippen LogP contribution in [-0.2, 0) is 0 Å². The van der Waals surface area contributed by atoms with Crippen molar-refractivity contribution >= 4 is 33.2 Å². The summed E-state index contributed by atoms with van der Waals surface area (Å²) in [5, 5.41) is 2.48. The Bertz CT molecular complexity index is 662. The summed E-state index contributed by atoms with van der Waals surface area (Å²) < 4.78 is 19.2. The number of carbonyl (C=O) groups is 1. The quantitative estimate of drug-likeness (QED) is 0.842. The summed E-state index contributed by atoms with van der Waals surface area (Å²) in [6.45, 7) is 0. The molecule has 0 fully saturated rings. The van der Waals surface area contributed by atoms with E-state index in [-0.39, 0.29) is 16.9 Å². The predicted octanol–water partition coefficient (Wildman–Crippen LogP) is 3.43. The highest BCUT2D eigenvalue weighted by Gasteiger charge is 2.13. The molecule has 0 aliphatic rings. The zero-order valence-corrected chi connectivity index (χ0v) is 12.2. The lowest BCUT2D eigenvalue weighted by Crippen LogP contribution is -2.15. The first-order valence-electron chi connectivity index (χ1n) is 5.71. The number of nitrogens with two attached hydrogens (primary N) is 1. The number of carbonyl (C=O) groups excluding carboxylic acids is 1. The molecule has 0 radical (unpaired) electrons. The summed E-state index contributed by atoms with van der Waals surface area (Å²) in [6.07, 6.45) is 0. The van der Waals surface area contributed by atoms with Gasteiger partial charge in [-0.3, -0.25) is 4.79 Å². The topological polar surface area (TPSA) is 64.3 Å². The first kappa shape index (κ1) is 14.3. The smallest absolute Gasteiger partial charge is 0.257 e. The van der Waals surface area contributed by atoms with Crippen LogP contribution in [-0.4, -0.2) is 13.0 Å². The first-order valence-corrected chi connectivity index (χ1v) is 6.50. The van der Waals surface area contributed by atoms with E-state index in [2.05, 4.69) is 21.2 Å². The van der Waals surface area contributed by atoms with Crippen molar-refractivity contribution in [3.8, 4) is 5.75 Å². The Morgan fingerprint density at radius 2 is 2.05 bits per heavy atom. The molecule has 0 aliphatic heterocycles. The summed E-state index contributed by atoms with van der Waals surface area (Å²) in [6, 6.07) is 9.05. The summed E-state index contributed by atoms with van der Waals surface area (Å²) in [4.78, 5) is 12.1. The Balaban J connectivity index is 2.24. The number of ether oxygens (including phenoxy) is 1. The molecule has 6 heteroatoms. The largest absolute Gasteiger partial charge is 0.497 e. The van der Waals surface area contributed by atoms with Crippen LogP contribution in [0.15, 0.2) is 40.9 Å². The normalized spacial score (nSPS) is 10.2. The molecule has 2 aromatic carbocycles. The number of halogens is 2. The van der Waals surface area contributed by atoms with Crippen molar-refractivity contribution in [1.29, 1.82) is 0 Å². The third kappa shape index (κ3) is 3.08. The molecular formula is C14H12BrFN2O2. The van der Waals surface area contributed by atoms with Crippen LogP contribution >= 0.6 is 15.9 Å². The van der Waals surface area contributed by atoms with Crippen molar-refractivity contribution in [2.45, 2.75) is 0 Å². The van der Waals surface area contributed by atoms with Gasteiger partial charge in [0.2, 0.25) is 0 Å². The summed E-state index contributed by atoms with van der Waals surface area (Å²) >= 11 is 3.15. The fourth-order valence-electron chi connectivity index (χ4n) is 1.66. The van der Waals surface area contributed by atoms with Crippen molar-refractivity contribution in [2.75, 3.05) is 18.2 Å². The maximum atomic E-state index is 13.6. The number of hydrogen-bond acceptors (Lipinski definition) is 3. The van der Waals surface area contributed by atoms with Gasteiger partial charge in [0.25, 0.3) is 5.91 Å². The van der Waals surface area contributed by atoms with Gasteiger partial charge in [0.15, 0.2) is 0 Å². The van der Waals surface area contributed by atoms with Gasteiger partial charge in [-0.05, 0) is 30.3 Å². The lowest BCUT2D eigenvalue weighted by atomic mass is 10.1. The average Bonchev–Trinajstić information content (AvgIpc) is 2.41. The second-order valence-electron chi connectivity index (χ2n) is 4.03. The number of anilines is 2. The van der Waals surface area contributed by atoms with Gasteiger partial charge in [-0.1, -0.05) is 15.9 Å². The number of methoxy groups -OCH3 is 1. The fourth-order valence-corrected chi connectivity index (χ4v) is 1.99. The van der Waals surface area contributed by atoms with Gasteiger partial charge in [0.05, 0.1) is 18.4 Å². The Morgan fingerprint density at radius 1 is 1.30 bits per heavy atom. The number of amides is 1. The predicted molar refractivity (Wildman–Crippen MR) is 79.5 cm³/mol. The molecule has 0 saturated heterocycles. The van der Waals surface area contributed by atoms with E-state index < -0.39 is 11.7 Å². The molecule has 2 rings (SSSR count). The van der Waals surface area contributed by atoms with E-state index in [9.17, 15) is 9.18 Å². The monoisotopic (exact) mass is 338 g/mol. The van der Waals surface area contributed by atoms with E-state index in [0.29, 0.717) is 10.2 Å². The van der Waals surface area contributed by atoms with E-state index in [4.69, 9.17) is 10.5 Å². The highest BCUT2D eigenvalue weighted by Crippen LogP contribution is 2.23. The lowest BCUT2D eigenvalue weighted by Gasteiger charge is -2.09. The Kier molecular flexibility index (Phi) is 4.24. The van der Waals surface area contributed by atoms with Crippen molar-refractivity contribution in [1.82, 2.24) is 0 Å². The minimum absolute atomic E-state index is 0.0911. The SMILES string of the molecule is COc1ccc(C(=O)Nc2ccc(Br)cc2F)c(N)c1. The molecule has 0 spiro atoms. The zero-order chi connectivity index (χ0) is 14.7. The molecule has 0 saturated carbocycles. The van der Waals surface area contributed by atoms with Crippen LogP contribution in [0, 0.1) is 5.82 Å². The number of nitrogen functional groups attached to an aromatic ring is 1. The minimum Gasteiger partial charge on any atom is -0.497 e. The molecule has 0 bridgehead atoms. The van der Waals surface area contributed by atoms with Crippen LogP contribution in [0.25, 0.3) is 0 Å². The second-order valence-corrected chi connectivity index (χ2v) is 4.95. The van der Waals surface area contributed by atoms with Gasteiger partial charge in [-0.15, -0.1) is 0 Å². The van der Waals surface area contributed by atoms with Crippen molar-refractivity contribution in [2.24, 2.45) is 0 Å². The first-order chi connectivity index (χ1) is 9.51. The molecule has 20 heavy (non-hydrogen) atoms. The highest BCUT2D eigenvalue weighted by molar-refractivity contribution is 9.10. The third-order valence-corrected chi connectivity index (χ3v) is 3.18. The molecule has 2 aromatic rings. The zero-order valence-electron chi connectivity index (χ0n) is 10.6. The second kappa shape index (κ2) is 5.92. The molecule has 0 aliphatic carbocycles.